The van der Waals surface area contributed by atoms with Gasteiger partial charge in [0.05, 0.1) is 5.41 Å². The van der Waals surface area contributed by atoms with Gasteiger partial charge in [-0.3, -0.25) is 4.79 Å². The normalized spacial score (nSPS) is 26.7. The van der Waals surface area contributed by atoms with E-state index in [-0.39, 0.29) is 17.9 Å². The zero-order chi connectivity index (χ0) is 15.1. The molecule has 5 nitrogen and oxygen atoms in total. The number of carbonyl (C=O) groups excluding carboxylic acids is 1. The summed E-state index contributed by atoms with van der Waals surface area (Å²) in [6.07, 6.45) is 0.0365. The van der Waals surface area contributed by atoms with E-state index in [1.54, 1.807) is 20.8 Å². The van der Waals surface area contributed by atoms with Crippen LogP contribution in [0.25, 0.3) is 0 Å². The van der Waals surface area contributed by atoms with E-state index in [1.807, 2.05) is 20.8 Å². The Bertz CT molecular complexity index is 378. The number of hydrogen-bond acceptors (Lipinski definition) is 3. The largest absolute Gasteiger partial charge is 0.481 e. The summed E-state index contributed by atoms with van der Waals surface area (Å²) in [5.74, 6) is -0.768. The minimum atomic E-state index is -0.844. The third kappa shape index (κ3) is 3.85. The molecule has 1 rings (SSSR count). The average molecular weight is 271 g/mol. The number of amides is 1. The first-order chi connectivity index (χ1) is 8.38. The lowest BCUT2D eigenvalue weighted by Gasteiger charge is -2.24. The van der Waals surface area contributed by atoms with E-state index in [9.17, 15) is 14.7 Å². The van der Waals surface area contributed by atoms with Crippen LogP contribution in [0.3, 0.4) is 0 Å². The first-order valence-electron chi connectivity index (χ1n) is 6.59. The van der Waals surface area contributed by atoms with Crippen LogP contribution in [0.1, 0.15) is 48.0 Å². The lowest BCUT2D eigenvalue weighted by molar-refractivity contribution is -0.144. The Labute approximate surface area is 114 Å². The fourth-order valence-electron chi connectivity index (χ4n) is 2.49. The molecule has 1 aliphatic carbocycles. The molecule has 2 atom stereocenters. The quantitative estimate of drug-likeness (QED) is 0.827. The Morgan fingerprint density at radius 3 is 2.11 bits per heavy atom. The summed E-state index contributed by atoms with van der Waals surface area (Å²) in [5.41, 5.74) is -1.49. The van der Waals surface area contributed by atoms with Gasteiger partial charge in [-0.2, -0.15) is 0 Å². The van der Waals surface area contributed by atoms with Gasteiger partial charge in [-0.15, -0.1) is 0 Å². The molecule has 1 saturated carbocycles. The molecule has 0 aromatic rings. The number of carboxylic acid groups (broad SMARTS) is 1. The van der Waals surface area contributed by atoms with Crippen LogP contribution in [0, 0.1) is 16.7 Å². The summed E-state index contributed by atoms with van der Waals surface area (Å²) >= 11 is 0. The minimum Gasteiger partial charge on any atom is -0.481 e. The summed E-state index contributed by atoms with van der Waals surface area (Å²) in [6, 6.07) is 0. The van der Waals surface area contributed by atoms with Crippen LogP contribution in [-0.2, 0) is 9.53 Å². The molecule has 0 radical (unpaired) electrons. The molecule has 0 spiro atoms. The average Bonchev–Trinajstić information content (AvgIpc) is 2.87. The van der Waals surface area contributed by atoms with Crippen LogP contribution in [0.5, 0.6) is 0 Å². The number of ether oxygens (including phenoxy) is 1. The fourth-order valence-corrected chi connectivity index (χ4v) is 2.49. The van der Waals surface area contributed by atoms with Gasteiger partial charge in [0, 0.05) is 6.54 Å². The predicted octanol–water partition coefficient (Wildman–Crippen LogP) is 2.65. The number of aliphatic carboxylic acids is 1. The van der Waals surface area contributed by atoms with Crippen LogP contribution in [0.2, 0.25) is 0 Å². The highest BCUT2D eigenvalue weighted by Crippen LogP contribution is 2.60. The van der Waals surface area contributed by atoms with Crippen molar-refractivity contribution >= 4 is 12.1 Å². The van der Waals surface area contributed by atoms with Gasteiger partial charge in [0.15, 0.2) is 0 Å². The molecule has 1 amide bonds. The molecular formula is C14H25NO4. The summed E-state index contributed by atoms with van der Waals surface area (Å²) in [6.45, 7) is 11.5. The molecular weight excluding hydrogens is 246 g/mol. The van der Waals surface area contributed by atoms with Crippen LogP contribution < -0.4 is 5.32 Å². The predicted molar refractivity (Wildman–Crippen MR) is 71.9 cm³/mol. The summed E-state index contributed by atoms with van der Waals surface area (Å²) < 4.78 is 5.12. The van der Waals surface area contributed by atoms with Crippen molar-refractivity contribution in [1.82, 2.24) is 5.32 Å². The third-order valence-corrected chi connectivity index (χ3v) is 3.49. The lowest BCUT2D eigenvalue weighted by Crippen LogP contribution is -2.39. The summed E-state index contributed by atoms with van der Waals surface area (Å²) in [7, 11) is 0. The molecule has 19 heavy (non-hydrogen) atoms. The lowest BCUT2D eigenvalue weighted by atomic mass is 9.84. The van der Waals surface area contributed by atoms with Gasteiger partial charge in [-0.25, -0.2) is 4.79 Å². The van der Waals surface area contributed by atoms with Crippen molar-refractivity contribution in [3.63, 3.8) is 0 Å². The first kappa shape index (κ1) is 15.8. The number of carbonyl (C=O) groups is 2. The topological polar surface area (TPSA) is 75.6 Å². The SMILES string of the molecule is CC(C)(C)OC(=O)NC[C@]1(C(=O)O)C[C@@H]1C(C)(C)C. The second kappa shape index (κ2) is 4.69. The van der Waals surface area contributed by atoms with E-state index >= 15 is 0 Å². The molecule has 0 saturated heterocycles. The molecule has 0 unspecified atom stereocenters. The molecule has 0 aliphatic heterocycles. The van der Waals surface area contributed by atoms with Crippen molar-refractivity contribution in [2.75, 3.05) is 6.54 Å². The molecule has 0 aromatic carbocycles. The van der Waals surface area contributed by atoms with Crippen molar-refractivity contribution in [1.29, 1.82) is 0 Å². The second-order valence-electron chi connectivity index (χ2n) is 7.44. The van der Waals surface area contributed by atoms with Crippen LogP contribution in [-0.4, -0.2) is 29.3 Å². The van der Waals surface area contributed by atoms with Crippen molar-refractivity contribution in [2.45, 2.75) is 53.6 Å². The van der Waals surface area contributed by atoms with Gasteiger partial charge < -0.3 is 15.2 Å². The molecule has 110 valence electrons. The maximum absolute atomic E-state index is 11.6. The van der Waals surface area contributed by atoms with Gasteiger partial charge in [0.25, 0.3) is 0 Å². The first-order valence-corrected chi connectivity index (χ1v) is 6.59. The Kier molecular flexibility index (Phi) is 3.90. The second-order valence-corrected chi connectivity index (χ2v) is 7.44. The van der Waals surface area contributed by atoms with Crippen molar-refractivity contribution in [3.05, 3.63) is 0 Å². The van der Waals surface area contributed by atoms with Crippen LogP contribution >= 0.6 is 0 Å². The van der Waals surface area contributed by atoms with Crippen LogP contribution in [0.4, 0.5) is 4.79 Å². The Hall–Kier alpha value is -1.26. The molecule has 1 fully saturated rings. The maximum atomic E-state index is 11.6. The van der Waals surface area contributed by atoms with Crippen molar-refractivity contribution in [2.24, 2.45) is 16.7 Å². The summed E-state index contributed by atoms with van der Waals surface area (Å²) in [4.78, 5) is 23.0. The molecule has 1 aliphatic rings. The molecule has 0 heterocycles. The van der Waals surface area contributed by atoms with Crippen LogP contribution in [0.15, 0.2) is 0 Å². The standard InChI is InChI=1S/C14H25NO4/c1-12(2,3)9-7-14(9,10(16)17)8-15-11(18)19-13(4,5)6/h9H,7-8H2,1-6H3,(H,15,18)(H,16,17)/t9-,14-/m1/s1. The number of rotatable bonds is 3. The zero-order valence-electron chi connectivity index (χ0n) is 12.7. The maximum Gasteiger partial charge on any atom is 0.407 e. The molecule has 5 heteroatoms. The van der Waals surface area contributed by atoms with Crippen molar-refractivity contribution < 1.29 is 19.4 Å². The highest BCUT2D eigenvalue weighted by atomic mass is 16.6. The minimum absolute atomic E-state index is 0.0754. The zero-order valence-corrected chi connectivity index (χ0v) is 12.7. The van der Waals surface area contributed by atoms with Gasteiger partial charge in [0.1, 0.15) is 5.60 Å². The van der Waals surface area contributed by atoms with Gasteiger partial charge in [-0.1, -0.05) is 20.8 Å². The molecule has 0 aromatic heterocycles. The van der Waals surface area contributed by atoms with Gasteiger partial charge in [0.2, 0.25) is 0 Å². The van der Waals surface area contributed by atoms with E-state index < -0.39 is 23.1 Å². The third-order valence-electron chi connectivity index (χ3n) is 3.49. The van der Waals surface area contributed by atoms with E-state index in [1.165, 1.54) is 0 Å². The van der Waals surface area contributed by atoms with Gasteiger partial charge >= 0.3 is 12.1 Å². The molecule has 2 N–H and O–H groups in total. The summed E-state index contributed by atoms with van der Waals surface area (Å²) in [5, 5.41) is 12.0. The number of nitrogens with one attached hydrogen (secondary N) is 1. The Morgan fingerprint density at radius 1 is 1.26 bits per heavy atom. The monoisotopic (exact) mass is 271 g/mol. The van der Waals surface area contributed by atoms with Crippen molar-refractivity contribution in [3.8, 4) is 0 Å². The number of carboxylic acids is 1. The number of alkyl carbamates (subject to hydrolysis) is 1. The van der Waals surface area contributed by atoms with E-state index in [2.05, 4.69) is 5.32 Å². The smallest absolute Gasteiger partial charge is 0.407 e. The van der Waals surface area contributed by atoms with E-state index in [4.69, 9.17) is 4.74 Å². The fraction of sp³-hybridized carbons (Fsp3) is 0.857. The van der Waals surface area contributed by atoms with Gasteiger partial charge in [-0.05, 0) is 38.5 Å². The molecule has 0 bridgehead atoms. The Morgan fingerprint density at radius 2 is 1.79 bits per heavy atom. The van der Waals surface area contributed by atoms with E-state index in [0.717, 1.165) is 0 Å². The highest BCUT2D eigenvalue weighted by molar-refractivity contribution is 5.80. The number of hydrogen-bond donors (Lipinski definition) is 2. The highest BCUT2D eigenvalue weighted by Gasteiger charge is 2.64. The Balaban J connectivity index is 2.60. The van der Waals surface area contributed by atoms with E-state index in [0.29, 0.717) is 6.42 Å².